The summed E-state index contributed by atoms with van der Waals surface area (Å²) in [4.78, 5) is 22.6. The molecule has 154 valence electrons. The van der Waals surface area contributed by atoms with Gasteiger partial charge < -0.3 is 10.1 Å². The van der Waals surface area contributed by atoms with Gasteiger partial charge in [0.1, 0.15) is 5.78 Å². The van der Waals surface area contributed by atoms with Gasteiger partial charge >= 0.3 is 0 Å². The molecule has 3 heteroatoms. The quantitative estimate of drug-likeness (QED) is 0.242. The maximum absolute atomic E-state index is 11.8. The maximum Gasteiger partial charge on any atom is 0.219 e. The zero-order chi connectivity index (χ0) is 19.3. The van der Waals surface area contributed by atoms with Crippen molar-refractivity contribution >= 4 is 11.7 Å². The van der Waals surface area contributed by atoms with Crippen molar-refractivity contribution in [3.63, 3.8) is 0 Å². The molecule has 0 unspecified atom stereocenters. The maximum atomic E-state index is 11.8. The van der Waals surface area contributed by atoms with Gasteiger partial charge in [-0.05, 0) is 26.2 Å². The van der Waals surface area contributed by atoms with Gasteiger partial charge in [-0.3, -0.25) is 4.79 Å². The highest BCUT2D eigenvalue weighted by Gasteiger charge is 2.01. The van der Waals surface area contributed by atoms with Gasteiger partial charge in [0.05, 0.1) is 0 Å². The van der Waals surface area contributed by atoms with Gasteiger partial charge in [0.2, 0.25) is 5.91 Å². The molecule has 0 saturated carbocycles. The van der Waals surface area contributed by atoms with E-state index in [2.05, 4.69) is 12.2 Å². The lowest BCUT2D eigenvalue weighted by Crippen LogP contribution is -2.23. The molecule has 0 aromatic rings. The predicted molar refractivity (Wildman–Crippen MR) is 112 cm³/mol. The smallest absolute Gasteiger partial charge is 0.219 e. The van der Waals surface area contributed by atoms with E-state index >= 15 is 0 Å². The van der Waals surface area contributed by atoms with E-state index in [1.807, 2.05) is 0 Å². The first-order valence-corrected chi connectivity index (χ1v) is 11.4. The lowest BCUT2D eigenvalue weighted by atomic mass is 10.1. The van der Waals surface area contributed by atoms with Crippen molar-refractivity contribution in [2.24, 2.45) is 0 Å². The summed E-state index contributed by atoms with van der Waals surface area (Å²) in [5.41, 5.74) is 0. The molecule has 0 saturated heterocycles. The molecule has 0 rings (SSSR count). The summed E-state index contributed by atoms with van der Waals surface area (Å²) in [5.74, 6) is 0.542. The van der Waals surface area contributed by atoms with Crippen molar-refractivity contribution in [2.45, 2.75) is 129 Å². The second-order valence-electron chi connectivity index (χ2n) is 7.86. The lowest BCUT2D eigenvalue weighted by molar-refractivity contribution is -0.121. The second-order valence-corrected chi connectivity index (χ2v) is 7.86. The van der Waals surface area contributed by atoms with Crippen LogP contribution < -0.4 is 5.32 Å². The van der Waals surface area contributed by atoms with Crippen molar-refractivity contribution in [1.29, 1.82) is 0 Å². The van der Waals surface area contributed by atoms with Crippen LogP contribution >= 0.6 is 0 Å². The molecular formula is C23H45NO2. The van der Waals surface area contributed by atoms with Crippen LogP contribution in [0, 0.1) is 0 Å². The number of nitrogens with one attached hydrogen (secondary N) is 1. The monoisotopic (exact) mass is 367 g/mol. The van der Waals surface area contributed by atoms with Crippen LogP contribution in [0.5, 0.6) is 0 Å². The highest BCUT2D eigenvalue weighted by Crippen LogP contribution is 2.11. The number of hydrogen-bond acceptors (Lipinski definition) is 2. The molecule has 0 spiro atoms. The molecule has 0 aromatic heterocycles. The van der Waals surface area contributed by atoms with E-state index in [1.165, 1.54) is 83.5 Å². The number of carbonyl (C=O) groups excluding carboxylic acids is 2. The van der Waals surface area contributed by atoms with Crippen LogP contribution in [0.3, 0.4) is 0 Å². The minimum absolute atomic E-state index is 0.233. The van der Waals surface area contributed by atoms with Gasteiger partial charge in [-0.25, -0.2) is 0 Å². The van der Waals surface area contributed by atoms with E-state index in [0.717, 1.165) is 32.2 Å². The topological polar surface area (TPSA) is 46.2 Å². The Balaban J connectivity index is 3.16. The lowest BCUT2D eigenvalue weighted by Gasteiger charge is -2.06. The fourth-order valence-electron chi connectivity index (χ4n) is 3.30. The molecule has 1 N–H and O–H groups in total. The van der Waals surface area contributed by atoms with E-state index < -0.39 is 0 Å². The van der Waals surface area contributed by atoms with Crippen molar-refractivity contribution in [2.75, 3.05) is 6.54 Å². The van der Waals surface area contributed by atoms with Crippen LogP contribution in [-0.4, -0.2) is 18.2 Å². The number of amides is 1. The Kier molecular flexibility index (Phi) is 19.8. The molecule has 0 fully saturated rings. The summed E-state index contributed by atoms with van der Waals surface area (Å²) in [5, 5.41) is 3.06. The largest absolute Gasteiger partial charge is 0.356 e. The number of Topliss-reactive ketones (excluding diaryl/α,β-unsaturated/α-hetero) is 1. The van der Waals surface area contributed by atoms with Crippen LogP contribution in [0.15, 0.2) is 0 Å². The Morgan fingerprint density at radius 3 is 1.50 bits per heavy atom. The summed E-state index contributed by atoms with van der Waals surface area (Å²) in [7, 11) is 0. The number of rotatable bonds is 20. The molecule has 26 heavy (non-hydrogen) atoms. The average Bonchev–Trinajstić information content (AvgIpc) is 2.61. The predicted octanol–water partition coefficient (Wildman–Crippen LogP) is 6.73. The first kappa shape index (κ1) is 25.1. The van der Waals surface area contributed by atoms with Crippen LogP contribution in [0.1, 0.15) is 129 Å². The van der Waals surface area contributed by atoms with Gasteiger partial charge in [-0.2, -0.15) is 0 Å². The number of unbranched alkanes of at least 4 members (excludes halogenated alkanes) is 14. The fraction of sp³-hybridized carbons (Fsp3) is 0.913. The highest BCUT2D eigenvalue weighted by molar-refractivity contribution is 5.75. The van der Waals surface area contributed by atoms with Crippen molar-refractivity contribution in [3.05, 3.63) is 0 Å². The number of ketones is 1. The third-order valence-corrected chi connectivity index (χ3v) is 5.04. The van der Waals surface area contributed by atoms with Crippen molar-refractivity contribution in [1.82, 2.24) is 5.32 Å². The standard InChI is InChI=1S/C23H45NO2/c1-3-4-5-6-7-8-11-14-17-20-23(26)24-21-18-15-12-9-10-13-16-19-22(2)25/h3-21H2,1-2H3,(H,24,26). The summed E-state index contributed by atoms with van der Waals surface area (Å²) in [6, 6.07) is 0. The Labute approximate surface area is 163 Å². The van der Waals surface area contributed by atoms with Crippen LogP contribution in [0.25, 0.3) is 0 Å². The highest BCUT2D eigenvalue weighted by atomic mass is 16.1. The molecule has 1 amide bonds. The zero-order valence-electron chi connectivity index (χ0n) is 17.8. The van der Waals surface area contributed by atoms with E-state index in [-0.39, 0.29) is 5.91 Å². The third-order valence-electron chi connectivity index (χ3n) is 5.04. The number of carbonyl (C=O) groups is 2. The first-order valence-electron chi connectivity index (χ1n) is 11.4. The Morgan fingerprint density at radius 1 is 0.577 bits per heavy atom. The van der Waals surface area contributed by atoms with E-state index in [0.29, 0.717) is 12.2 Å². The molecule has 0 aliphatic heterocycles. The second kappa shape index (κ2) is 20.5. The molecule has 0 radical (unpaired) electrons. The van der Waals surface area contributed by atoms with E-state index in [9.17, 15) is 9.59 Å². The molecule has 0 aliphatic rings. The van der Waals surface area contributed by atoms with E-state index in [4.69, 9.17) is 0 Å². The number of hydrogen-bond donors (Lipinski definition) is 1. The molecule has 0 heterocycles. The SMILES string of the molecule is CCCCCCCCCCCC(=O)NCCCCCCCCCC(C)=O. The Hall–Kier alpha value is -0.860. The van der Waals surface area contributed by atoms with Crippen molar-refractivity contribution in [3.8, 4) is 0 Å². The summed E-state index contributed by atoms with van der Waals surface area (Å²) < 4.78 is 0. The normalized spacial score (nSPS) is 10.8. The first-order chi connectivity index (χ1) is 12.7. The average molecular weight is 368 g/mol. The van der Waals surface area contributed by atoms with Crippen LogP contribution in [-0.2, 0) is 9.59 Å². The Bertz CT molecular complexity index is 328. The van der Waals surface area contributed by atoms with Crippen molar-refractivity contribution < 1.29 is 9.59 Å². The zero-order valence-corrected chi connectivity index (χ0v) is 17.8. The summed E-state index contributed by atoms with van der Waals surface area (Å²) in [6.07, 6.45) is 21.4. The fourth-order valence-corrected chi connectivity index (χ4v) is 3.30. The molecule has 0 bridgehead atoms. The minimum Gasteiger partial charge on any atom is -0.356 e. The molecule has 0 atom stereocenters. The molecular weight excluding hydrogens is 322 g/mol. The molecule has 0 aliphatic carbocycles. The molecule has 0 aromatic carbocycles. The van der Waals surface area contributed by atoms with Gasteiger partial charge in [0.25, 0.3) is 0 Å². The van der Waals surface area contributed by atoms with Gasteiger partial charge in [-0.15, -0.1) is 0 Å². The van der Waals surface area contributed by atoms with Crippen LogP contribution in [0.2, 0.25) is 0 Å². The van der Waals surface area contributed by atoms with E-state index in [1.54, 1.807) is 6.92 Å². The van der Waals surface area contributed by atoms with Gasteiger partial charge in [0, 0.05) is 19.4 Å². The Morgan fingerprint density at radius 2 is 1.00 bits per heavy atom. The summed E-state index contributed by atoms with van der Waals surface area (Å²) >= 11 is 0. The van der Waals surface area contributed by atoms with Crippen LogP contribution in [0.4, 0.5) is 0 Å². The minimum atomic E-state index is 0.233. The summed E-state index contributed by atoms with van der Waals surface area (Å²) in [6.45, 7) is 4.76. The van der Waals surface area contributed by atoms with Gasteiger partial charge in [-0.1, -0.05) is 90.4 Å². The third kappa shape index (κ3) is 21.2. The van der Waals surface area contributed by atoms with Gasteiger partial charge in [0.15, 0.2) is 0 Å². The molecule has 3 nitrogen and oxygen atoms in total.